The van der Waals surface area contributed by atoms with E-state index < -0.39 is 12.3 Å². The molecule has 1 aliphatic rings. The zero-order chi connectivity index (χ0) is 22.7. The number of benzene rings is 1. The van der Waals surface area contributed by atoms with Gasteiger partial charge in [-0.15, -0.1) is 10.2 Å². The molecule has 0 amide bonds. The molecule has 9 heteroatoms. The quantitative estimate of drug-likeness (QED) is 0.590. The minimum atomic E-state index is -1.05. The van der Waals surface area contributed by atoms with Crippen molar-refractivity contribution in [1.82, 2.24) is 25.1 Å². The van der Waals surface area contributed by atoms with Crippen LogP contribution >= 0.6 is 0 Å². The maximum Gasteiger partial charge on any atom is 0.347 e. The van der Waals surface area contributed by atoms with Gasteiger partial charge in [-0.3, -0.25) is 0 Å². The van der Waals surface area contributed by atoms with Crippen LogP contribution in [-0.2, 0) is 7.05 Å². The minimum absolute atomic E-state index is 0.0163. The molecule has 0 radical (unpaired) electrons. The Balaban J connectivity index is 1.51. The molecule has 3 atom stereocenters. The van der Waals surface area contributed by atoms with Gasteiger partial charge in [0, 0.05) is 42.9 Å². The number of aryl methyl sites for hydroxylation is 1. The van der Waals surface area contributed by atoms with Gasteiger partial charge in [-0.05, 0) is 50.6 Å². The Hall–Kier alpha value is -3.33. The lowest BCUT2D eigenvalue weighted by Gasteiger charge is -2.22. The number of ether oxygens (including phenoxy) is 1. The number of hydrogen-bond donors (Lipinski definition) is 2. The van der Waals surface area contributed by atoms with Gasteiger partial charge >= 0.3 is 5.69 Å². The van der Waals surface area contributed by atoms with E-state index in [9.17, 15) is 14.3 Å². The second-order valence-electron chi connectivity index (χ2n) is 8.02. The van der Waals surface area contributed by atoms with Gasteiger partial charge in [0.1, 0.15) is 18.0 Å². The standard InChI is InChI=1S/C23H26FN5O3/c1-25-15-4-3-5-17(24)21(13-15)32-22-9-8-19(27-28-22)16-7-6-14(12-20(16)30)18-10-11-29(2)23(31)26-18/h6-12,15,17,21,25,30H,3-5,13H2,1-2H3/t15?,17?,21-/m0/s1. The van der Waals surface area contributed by atoms with Crippen molar-refractivity contribution in [1.29, 1.82) is 0 Å². The van der Waals surface area contributed by atoms with E-state index >= 15 is 0 Å². The van der Waals surface area contributed by atoms with Crippen molar-refractivity contribution < 1.29 is 14.2 Å². The van der Waals surface area contributed by atoms with Crippen LogP contribution in [0, 0.1) is 0 Å². The van der Waals surface area contributed by atoms with Crippen molar-refractivity contribution in [2.75, 3.05) is 7.05 Å². The number of nitrogens with zero attached hydrogens (tertiary/aromatic N) is 4. The highest BCUT2D eigenvalue weighted by atomic mass is 19.1. The van der Waals surface area contributed by atoms with E-state index in [1.54, 1.807) is 43.6 Å². The predicted octanol–water partition coefficient (Wildman–Crippen LogP) is 2.86. The molecule has 1 aliphatic carbocycles. The second-order valence-corrected chi connectivity index (χ2v) is 8.02. The monoisotopic (exact) mass is 439 g/mol. The van der Waals surface area contributed by atoms with Gasteiger partial charge in [-0.25, -0.2) is 9.18 Å². The van der Waals surface area contributed by atoms with E-state index in [4.69, 9.17) is 4.74 Å². The SMILES string of the molecule is CNC1CCCC(F)[C@@H](Oc2ccc(-c3ccc(-c4ccn(C)c(=O)n4)cc3O)nn2)C1. The lowest BCUT2D eigenvalue weighted by molar-refractivity contribution is 0.0837. The number of rotatable bonds is 5. The fraction of sp³-hybridized carbons (Fsp3) is 0.391. The Bertz CT molecular complexity index is 1140. The molecule has 0 saturated heterocycles. The first-order valence-electron chi connectivity index (χ1n) is 10.6. The first kappa shape index (κ1) is 21.9. The smallest absolute Gasteiger partial charge is 0.347 e. The van der Waals surface area contributed by atoms with Gasteiger partial charge in [0.2, 0.25) is 5.88 Å². The van der Waals surface area contributed by atoms with Crippen LogP contribution in [0.15, 0.2) is 47.4 Å². The van der Waals surface area contributed by atoms with E-state index in [1.807, 2.05) is 7.05 Å². The van der Waals surface area contributed by atoms with Crippen LogP contribution in [0.1, 0.15) is 25.7 Å². The molecule has 0 bridgehead atoms. The molecule has 0 aliphatic heterocycles. The van der Waals surface area contributed by atoms with E-state index in [0.717, 1.165) is 12.8 Å². The Morgan fingerprint density at radius 3 is 2.69 bits per heavy atom. The molecular weight excluding hydrogens is 413 g/mol. The highest BCUT2D eigenvalue weighted by Gasteiger charge is 2.29. The van der Waals surface area contributed by atoms with Gasteiger partial charge in [0.25, 0.3) is 0 Å². The molecule has 1 fully saturated rings. The zero-order valence-corrected chi connectivity index (χ0v) is 18.0. The van der Waals surface area contributed by atoms with Crippen molar-refractivity contribution in [2.45, 2.75) is 44.0 Å². The Labute approximate surface area is 185 Å². The molecule has 2 unspecified atom stereocenters. The maximum absolute atomic E-state index is 14.5. The molecule has 168 valence electrons. The second kappa shape index (κ2) is 9.44. The molecular formula is C23H26FN5O3. The summed E-state index contributed by atoms with van der Waals surface area (Å²) in [5, 5.41) is 22.0. The Morgan fingerprint density at radius 2 is 2.00 bits per heavy atom. The van der Waals surface area contributed by atoms with E-state index in [1.165, 1.54) is 10.6 Å². The number of nitrogens with one attached hydrogen (secondary N) is 1. The number of alkyl halides is 1. The summed E-state index contributed by atoms with van der Waals surface area (Å²) < 4.78 is 21.6. The summed E-state index contributed by atoms with van der Waals surface area (Å²) in [6, 6.07) is 10.2. The number of phenols is 1. The van der Waals surface area contributed by atoms with E-state index in [0.29, 0.717) is 35.4 Å². The first-order valence-corrected chi connectivity index (χ1v) is 10.6. The minimum Gasteiger partial charge on any atom is -0.507 e. The van der Waals surface area contributed by atoms with Gasteiger partial charge < -0.3 is 19.7 Å². The fourth-order valence-corrected chi connectivity index (χ4v) is 3.89. The Kier molecular flexibility index (Phi) is 6.45. The lowest BCUT2D eigenvalue weighted by Crippen LogP contribution is -2.35. The van der Waals surface area contributed by atoms with Crippen molar-refractivity contribution in [3.8, 4) is 34.1 Å². The third-order valence-electron chi connectivity index (χ3n) is 5.82. The normalized spacial score (nSPS) is 21.2. The number of aromatic hydroxyl groups is 1. The average molecular weight is 439 g/mol. The number of hydrogen-bond acceptors (Lipinski definition) is 7. The molecule has 2 N–H and O–H groups in total. The van der Waals surface area contributed by atoms with Gasteiger partial charge in [0.15, 0.2) is 0 Å². The number of halogens is 1. The molecule has 2 heterocycles. The molecule has 32 heavy (non-hydrogen) atoms. The summed E-state index contributed by atoms with van der Waals surface area (Å²) in [6.07, 6.45) is 2.78. The molecule has 1 saturated carbocycles. The molecule has 2 aromatic heterocycles. The topological polar surface area (TPSA) is 102 Å². The third kappa shape index (κ3) is 4.77. The molecule has 3 aromatic rings. The summed E-state index contributed by atoms with van der Waals surface area (Å²) in [5.74, 6) is 0.232. The molecule has 1 aromatic carbocycles. The highest BCUT2D eigenvalue weighted by molar-refractivity contribution is 5.72. The van der Waals surface area contributed by atoms with Gasteiger partial charge in [0.05, 0.1) is 11.4 Å². The van der Waals surface area contributed by atoms with Crippen molar-refractivity contribution >= 4 is 0 Å². The predicted molar refractivity (Wildman–Crippen MR) is 118 cm³/mol. The van der Waals surface area contributed by atoms with E-state index in [-0.39, 0.29) is 23.4 Å². The third-order valence-corrected chi connectivity index (χ3v) is 5.82. The number of aromatic nitrogens is 4. The molecule has 0 spiro atoms. The average Bonchev–Trinajstić information content (AvgIpc) is 2.97. The number of phenolic OH excluding ortho intramolecular Hbond substituents is 1. The largest absolute Gasteiger partial charge is 0.507 e. The maximum atomic E-state index is 14.5. The summed E-state index contributed by atoms with van der Waals surface area (Å²) >= 11 is 0. The van der Waals surface area contributed by atoms with Crippen LogP contribution in [0.25, 0.3) is 22.5 Å². The van der Waals surface area contributed by atoms with Crippen LogP contribution < -0.4 is 15.7 Å². The van der Waals surface area contributed by atoms with Crippen molar-refractivity contribution in [3.63, 3.8) is 0 Å². The fourth-order valence-electron chi connectivity index (χ4n) is 3.89. The van der Waals surface area contributed by atoms with Crippen molar-refractivity contribution in [2.24, 2.45) is 7.05 Å². The summed E-state index contributed by atoms with van der Waals surface area (Å²) in [6.45, 7) is 0. The molecule has 8 nitrogen and oxygen atoms in total. The van der Waals surface area contributed by atoms with Crippen LogP contribution in [0.2, 0.25) is 0 Å². The van der Waals surface area contributed by atoms with Crippen LogP contribution in [0.3, 0.4) is 0 Å². The zero-order valence-electron chi connectivity index (χ0n) is 18.0. The Morgan fingerprint density at radius 1 is 1.16 bits per heavy atom. The first-order chi connectivity index (χ1) is 15.4. The summed E-state index contributed by atoms with van der Waals surface area (Å²) in [7, 11) is 3.49. The summed E-state index contributed by atoms with van der Waals surface area (Å²) in [5.41, 5.74) is 1.62. The van der Waals surface area contributed by atoms with Crippen LogP contribution in [0.5, 0.6) is 11.6 Å². The summed E-state index contributed by atoms with van der Waals surface area (Å²) in [4.78, 5) is 15.8. The highest BCUT2D eigenvalue weighted by Crippen LogP contribution is 2.32. The van der Waals surface area contributed by atoms with Crippen LogP contribution in [-0.4, -0.2) is 50.2 Å². The van der Waals surface area contributed by atoms with Gasteiger partial charge in [-0.2, -0.15) is 4.98 Å². The lowest BCUT2D eigenvalue weighted by atomic mass is 10.1. The van der Waals surface area contributed by atoms with E-state index in [2.05, 4.69) is 20.5 Å². The molecule has 4 rings (SSSR count). The van der Waals surface area contributed by atoms with Gasteiger partial charge in [-0.1, -0.05) is 6.07 Å². The van der Waals surface area contributed by atoms with Crippen molar-refractivity contribution in [3.05, 3.63) is 53.1 Å². The van der Waals surface area contributed by atoms with Crippen LogP contribution in [0.4, 0.5) is 4.39 Å².